The Kier molecular flexibility index (Phi) is 4.93. The van der Waals surface area contributed by atoms with Gasteiger partial charge in [-0.15, -0.1) is 6.58 Å². The summed E-state index contributed by atoms with van der Waals surface area (Å²) in [5.74, 6) is 2.59. The number of nitrogens with two attached hydrogens (primary N) is 1. The fourth-order valence-electron chi connectivity index (χ4n) is 0.992. The maximum Gasteiger partial charge on any atom is 0.146 e. The highest BCUT2D eigenvalue weighted by Crippen LogP contribution is 2.13. The maximum absolute atomic E-state index is 5.66. The van der Waals surface area contributed by atoms with Crippen LogP contribution in [0.5, 0.6) is 0 Å². The molecule has 1 aromatic heterocycles. The topological polar surface area (TPSA) is 50.9 Å². The third kappa shape index (κ3) is 3.70. The molecule has 1 heterocycles. The van der Waals surface area contributed by atoms with Crippen LogP contribution >= 0.6 is 11.8 Å². The van der Waals surface area contributed by atoms with Gasteiger partial charge in [0.2, 0.25) is 0 Å². The second-order valence-electron chi connectivity index (χ2n) is 2.73. The smallest absolute Gasteiger partial charge is 0.146 e. The van der Waals surface area contributed by atoms with E-state index in [4.69, 9.17) is 5.73 Å². The predicted octanol–water partition coefficient (Wildman–Crippen LogP) is 1.99. The zero-order valence-corrected chi connectivity index (χ0v) is 8.89. The molecule has 0 aliphatic carbocycles. The number of pyridine rings is 1. The minimum absolute atomic E-state index is 0.557. The van der Waals surface area contributed by atoms with Gasteiger partial charge in [-0.3, -0.25) is 0 Å². The predicted molar refractivity (Wildman–Crippen MR) is 64.7 cm³/mol. The molecule has 0 aromatic carbocycles. The van der Waals surface area contributed by atoms with Crippen LogP contribution in [0, 0.1) is 0 Å². The Balaban J connectivity index is 2.24. The molecule has 0 unspecified atom stereocenters. The van der Waals surface area contributed by atoms with Gasteiger partial charge in [0.05, 0.1) is 5.69 Å². The van der Waals surface area contributed by atoms with Crippen LogP contribution in [0.4, 0.5) is 11.5 Å². The van der Waals surface area contributed by atoms with Gasteiger partial charge in [-0.05, 0) is 12.1 Å². The zero-order valence-electron chi connectivity index (χ0n) is 8.07. The number of aromatic nitrogens is 1. The first-order chi connectivity index (χ1) is 6.84. The van der Waals surface area contributed by atoms with Crippen molar-refractivity contribution in [3.8, 4) is 0 Å². The van der Waals surface area contributed by atoms with Crippen molar-refractivity contribution < 1.29 is 0 Å². The molecule has 3 N–H and O–H groups in total. The van der Waals surface area contributed by atoms with Crippen molar-refractivity contribution >= 4 is 23.3 Å². The summed E-state index contributed by atoms with van der Waals surface area (Å²) in [7, 11) is 0. The van der Waals surface area contributed by atoms with Crippen molar-refractivity contribution in [1.82, 2.24) is 4.98 Å². The van der Waals surface area contributed by atoms with Crippen LogP contribution in [0.2, 0.25) is 0 Å². The van der Waals surface area contributed by atoms with E-state index >= 15 is 0 Å². The van der Waals surface area contributed by atoms with Crippen LogP contribution in [0.25, 0.3) is 0 Å². The number of thioether (sulfide) groups is 1. The summed E-state index contributed by atoms with van der Waals surface area (Å²) in [6.07, 6.45) is 3.59. The molecule has 0 fully saturated rings. The van der Waals surface area contributed by atoms with E-state index in [-0.39, 0.29) is 0 Å². The molecule has 0 atom stereocenters. The molecule has 0 spiro atoms. The van der Waals surface area contributed by atoms with Crippen LogP contribution in [-0.4, -0.2) is 23.0 Å². The molecule has 0 radical (unpaired) electrons. The Hall–Kier alpha value is -1.16. The summed E-state index contributed by atoms with van der Waals surface area (Å²) >= 11 is 1.84. The van der Waals surface area contributed by atoms with Gasteiger partial charge in [-0.1, -0.05) is 6.08 Å². The Bertz CT molecular complexity index is 288. The Morgan fingerprint density at radius 3 is 3.21 bits per heavy atom. The van der Waals surface area contributed by atoms with Crippen molar-refractivity contribution in [3.63, 3.8) is 0 Å². The molecule has 0 saturated heterocycles. The molecule has 76 valence electrons. The van der Waals surface area contributed by atoms with Gasteiger partial charge in [0.1, 0.15) is 5.82 Å². The highest BCUT2D eigenvalue weighted by Gasteiger charge is 1.96. The Morgan fingerprint density at radius 1 is 1.64 bits per heavy atom. The van der Waals surface area contributed by atoms with Gasteiger partial charge in [-0.25, -0.2) is 4.98 Å². The van der Waals surface area contributed by atoms with Crippen molar-refractivity contribution in [2.75, 3.05) is 29.1 Å². The first kappa shape index (κ1) is 10.9. The normalized spacial score (nSPS) is 9.71. The summed E-state index contributed by atoms with van der Waals surface area (Å²) in [6, 6.07) is 3.80. The monoisotopic (exact) mass is 209 g/mol. The van der Waals surface area contributed by atoms with Gasteiger partial charge in [0.15, 0.2) is 0 Å². The van der Waals surface area contributed by atoms with Gasteiger partial charge < -0.3 is 11.1 Å². The van der Waals surface area contributed by atoms with Gasteiger partial charge in [0.25, 0.3) is 0 Å². The molecule has 0 amide bonds. The van der Waals surface area contributed by atoms with E-state index < -0.39 is 0 Å². The lowest BCUT2D eigenvalue weighted by Crippen LogP contribution is -2.07. The Morgan fingerprint density at radius 2 is 2.50 bits per heavy atom. The molecular weight excluding hydrogens is 194 g/mol. The minimum atomic E-state index is 0.557. The maximum atomic E-state index is 5.66. The third-order valence-electron chi connectivity index (χ3n) is 1.64. The SMILES string of the molecule is C=CCSCCNc1cccnc1N. The van der Waals surface area contributed by atoms with E-state index in [1.54, 1.807) is 6.20 Å². The molecule has 0 aliphatic heterocycles. The fourth-order valence-corrected chi connectivity index (χ4v) is 1.57. The molecule has 4 heteroatoms. The minimum Gasteiger partial charge on any atom is -0.382 e. The Labute approximate surface area is 88.8 Å². The fraction of sp³-hybridized carbons (Fsp3) is 0.300. The molecule has 1 aromatic rings. The average Bonchev–Trinajstić information content (AvgIpc) is 2.20. The highest BCUT2D eigenvalue weighted by atomic mass is 32.2. The molecule has 0 saturated carbocycles. The lowest BCUT2D eigenvalue weighted by Gasteiger charge is -2.06. The first-order valence-electron chi connectivity index (χ1n) is 4.47. The number of nitrogens with one attached hydrogen (secondary N) is 1. The molecular formula is C10H15N3S. The van der Waals surface area contributed by atoms with Crippen molar-refractivity contribution in [3.05, 3.63) is 31.0 Å². The van der Waals surface area contributed by atoms with Crippen LogP contribution in [0.1, 0.15) is 0 Å². The molecule has 1 rings (SSSR count). The number of nitrogens with zero attached hydrogens (tertiary/aromatic N) is 1. The highest BCUT2D eigenvalue weighted by molar-refractivity contribution is 7.99. The lowest BCUT2D eigenvalue weighted by molar-refractivity contribution is 1.21. The molecule has 14 heavy (non-hydrogen) atoms. The van der Waals surface area contributed by atoms with E-state index in [2.05, 4.69) is 16.9 Å². The quantitative estimate of drug-likeness (QED) is 0.556. The standard InChI is InChI=1S/C10H15N3S/c1-2-7-14-8-6-12-9-4-3-5-13-10(9)11/h2-5,12H,1,6-8H2,(H2,11,13). The zero-order chi connectivity index (χ0) is 10.2. The van der Waals surface area contributed by atoms with Gasteiger partial charge in [-0.2, -0.15) is 11.8 Å². The van der Waals surface area contributed by atoms with Crippen molar-refractivity contribution in [2.45, 2.75) is 0 Å². The number of hydrogen-bond acceptors (Lipinski definition) is 4. The summed E-state index contributed by atoms with van der Waals surface area (Å²) in [6.45, 7) is 4.56. The van der Waals surface area contributed by atoms with E-state index in [1.165, 1.54) is 0 Å². The number of hydrogen-bond donors (Lipinski definition) is 2. The first-order valence-corrected chi connectivity index (χ1v) is 5.63. The lowest BCUT2D eigenvalue weighted by atomic mass is 10.4. The van der Waals surface area contributed by atoms with Crippen molar-refractivity contribution in [1.29, 1.82) is 0 Å². The van der Waals surface area contributed by atoms with Crippen LogP contribution < -0.4 is 11.1 Å². The number of nitrogen functional groups attached to an aromatic ring is 1. The third-order valence-corrected chi connectivity index (χ3v) is 2.60. The van der Waals surface area contributed by atoms with Crippen LogP contribution in [0.3, 0.4) is 0 Å². The summed E-state index contributed by atoms with van der Waals surface area (Å²) in [5, 5.41) is 3.23. The van der Waals surface area contributed by atoms with Gasteiger partial charge in [0, 0.05) is 24.2 Å². The molecule has 3 nitrogen and oxygen atoms in total. The van der Waals surface area contributed by atoms with E-state index in [9.17, 15) is 0 Å². The van der Waals surface area contributed by atoms with Crippen molar-refractivity contribution in [2.24, 2.45) is 0 Å². The summed E-state index contributed by atoms with van der Waals surface area (Å²) in [5.41, 5.74) is 6.57. The number of anilines is 2. The number of rotatable bonds is 6. The van der Waals surface area contributed by atoms with E-state index in [0.29, 0.717) is 5.82 Å². The van der Waals surface area contributed by atoms with Gasteiger partial charge >= 0.3 is 0 Å². The van der Waals surface area contributed by atoms with E-state index in [1.807, 2.05) is 30.0 Å². The van der Waals surface area contributed by atoms with Crippen LogP contribution in [-0.2, 0) is 0 Å². The average molecular weight is 209 g/mol. The second-order valence-corrected chi connectivity index (χ2v) is 3.88. The summed E-state index contributed by atoms with van der Waals surface area (Å²) < 4.78 is 0. The summed E-state index contributed by atoms with van der Waals surface area (Å²) in [4.78, 5) is 3.99. The molecule has 0 bridgehead atoms. The second kappa shape index (κ2) is 6.32. The molecule has 0 aliphatic rings. The van der Waals surface area contributed by atoms with E-state index in [0.717, 1.165) is 23.7 Å². The van der Waals surface area contributed by atoms with Crippen LogP contribution in [0.15, 0.2) is 31.0 Å². The largest absolute Gasteiger partial charge is 0.382 e.